The van der Waals surface area contributed by atoms with E-state index in [-0.39, 0.29) is 6.42 Å². The molecule has 174 valence electrons. The first kappa shape index (κ1) is 27.2. The third-order valence-corrected chi connectivity index (χ3v) is 6.20. The van der Waals surface area contributed by atoms with Gasteiger partial charge in [-0.3, -0.25) is 0 Å². The van der Waals surface area contributed by atoms with Crippen LogP contribution in [-0.2, 0) is 11.2 Å². The van der Waals surface area contributed by atoms with Crippen molar-refractivity contribution in [3.63, 3.8) is 0 Å². The van der Waals surface area contributed by atoms with Crippen LogP contribution >= 0.6 is 11.8 Å². The van der Waals surface area contributed by atoms with E-state index < -0.39 is 34.6 Å². The third-order valence-electron chi connectivity index (χ3n) is 5.05. The number of halogens is 5. The molecule has 0 N–H and O–H groups in total. The van der Waals surface area contributed by atoms with Crippen molar-refractivity contribution in [2.45, 2.75) is 84.0 Å². The SMILES string of the molecule is CCOCCCSCCCCCCCCCCCCc1c(F)c(F)c(F)c(F)c1F. The fourth-order valence-corrected chi connectivity index (χ4v) is 4.23. The molecule has 0 radical (unpaired) electrons. The van der Waals surface area contributed by atoms with Crippen LogP contribution < -0.4 is 0 Å². The van der Waals surface area contributed by atoms with Gasteiger partial charge < -0.3 is 4.74 Å². The Morgan fingerprint density at radius 3 is 1.53 bits per heavy atom. The average molecular weight is 455 g/mol. The maximum absolute atomic E-state index is 13.6. The van der Waals surface area contributed by atoms with E-state index in [2.05, 4.69) is 0 Å². The highest BCUT2D eigenvalue weighted by Gasteiger charge is 2.24. The number of hydrogen-bond donors (Lipinski definition) is 0. The van der Waals surface area contributed by atoms with Crippen LogP contribution in [0.4, 0.5) is 22.0 Å². The van der Waals surface area contributed by atoms with E-state index in [9.17, 15) is 22.0 Å². The predicted molar refractivity (Wildman–Crippen MR) is 115 cm³/mol. The molecule has 1 rings (SSSR count). The first-order valence-electron chi connectivity index (χ1n) is 11.2. The van der Waals surface area contributed by atoms with Crippen molar-refractivity contribution in [3.8, 4) is 0 Å². The largest absolute Gasteiger partial charge is 0.382 e. The topological polar surface area (TPSA) is 9.23 Å². The predicted octanol–water partition coefficient (Wildman–Crippen LogP) is 7.99. The molecule has 0 aliphatic carbocycles. The molecule has 30 heavy (non-hydrogen) atoms. The van der Waals surface area contributed by atoms with Crippen LogP contribution in [0.5, 0.6) is 0 Å². The standard InChI is InChI=1S/C23H35F5OS/c1-2-29-15-13-17-30-16-12-10-8-6-4-3-5-7-9-11-14-18-19(24)21(26)23(28)22(27)20(18)25/h2-17H2,1H3. The average Bonchev–Trinajstić information content (AvgIpc) is 2.75. The maximum atomic E-state index is 13.6. The second kappa shape index (κ2) is 16.8. The van der Waals surface area contributed by atoms with Gasteiger partial charge >= 0.3 is 0 Å². The van der Waals surface area contributed by atoms with E-state index in [1.807, 2.05) is 18.7 Å². The number of thioether (sulfide) groups is 1. The Bertz CT molecular complexity index is 568. The quantitative estimate of drug-likeness (QED) is 0.0962. The molecule has 0 aliphatic heterocycles. The monoisotopic (exact) mass is 454 g/mol. The highest BCUT2D eigenvalue weighted by molar-refractivity contribution is 7.99. The first-order chi connectivity index (χ1) is 14.5. The molecule has 1 aromatic carbocycles. The zero-order chi connectivity index (χ0) is 22.2. The molecule has 1 aromatic rings. The lowest BCUT2D eigenvalue weighted by Crippen LogP contribution is -2.07. The normalized spacial score (nSPS) is 11.4. The fourth-order valence-electron chi connectivity index (χ4n) is 3.30. The Morgan fingerprint density at radius 1 is 0.567 bits per heavy atom. The molecular formula is C23H35F5OS. The lowest BCUT2D eigenvalue weighted by Gasteiger charge is -2.08. The maximum Gasteiger partial charge on any atom is 0.200 e. The van der Waals surface area contributed by atoms with E-state index in [1.165, 1.54) is 43.6 Å². The van der Waals surface area contributed by atoms with Gasteiger partial charge in [0, 0.05) is 18.8 Å². The van der Waals surface area contributed by atoms with Crippen molar-refractivity contribution in [1.29, 1.82) is 0 Å². The van der Waals surface area contributed by atoms with Crippen molar-refractivity contribution < 1.29 is 26.7 Å². The van der Waals surface area contributed by atoms with Gasteiger partial charge in [0.25, 0.3) is 0 Å². The lowest BCUT2D eigenvalue weighted by atomic mass is 10.0. The number of hydrogen-bond acceptors (Lipinski definition) is 2. The Labute approximate surface area is 182 Å². The summed E-state index contributed by atoms with van der Waals surface area (Å²) in [5.74, 6) is -6.82. The smallest absolute Gasteiger partial charge is 0.200 e. The summed E-state index contributed by atoms with van der Waals surface area (Å²) < 4.78 is 71.8. The van der Waals surface area contributed by atoms with Crippen LogP contribution in [0.15, 0.2) is 0 Å². The summed E-state index contributed by atoms with van der Waals surface area (Å²) >= 11 is 2.00. The molecule has 0 aromatic heterocycles. The number of ether oxygens (including phenoxy) is 1. The van der Waals surface area contributed by atoms with Gasteiger partial charge in [-0.25, -0.2) is 22.0 Å². The Kier molecular flexibility index (Phi) is 15.3. The molecule has 0 fully saturated rings. The molecule has 0 saturated heterocycles. The van der Waals surface area contributed by atoms with Crippen LogP contribution in [0, 0.1) is 29.1 Å². The molecule has 7 heteroatoms. The van der Waals surface area contributed by atoms with Gasteiger partial charge in [-0.2, -0.15) is 11.8 Å². The summed E-state index contributed by atoms with van der Waals surface area (Å²) in [6.45, 7) is 3.67. The van der Waals surface area contributed by atoms with E-state index >= 15 is 0 Å². The minimum atomic E-state index is -2.09. The molecule has 0 aliphatic rings. The Balaban J connectivity index is 1.95. The molecular weight excluding hydrogens is 419 g/mol. The molecule has 0 unspecified atom stereocenters. The van der Waals surface area contributed by atoms with Crippen LogP contribution in [0.1, 0.15) is 83.1 Å². The van der Waals surface area contributed by atoms with Gasteiger partial charge in [-0.15, -0.1) is 0 Å². The first-order valence-corrected chi connectivity index (χ1v) is 12.3. The highest BCUT2D eigenvalue weighted by atomic mass is 32.2. The molecule has 1 nitrogen and oxygen atoms in total. The van der Waals surface area contributed by atoms with Gasteiger partial charge in [0.2, 0.25) is 5.82 Å². The van der Waals surface area contributed by atoms with Crippen molar-refractivity contribution in [1.82, 2.24) is 0 Å². The molecule has 0 bridgehead atoms. The van der Waals surface area contributed by atoms with Crippen LogP contribution in [0.2, 0.25) is 0 Å². The second-order valence-electron chi connectivity index (χ2n) is 7.50. The van der Waals surface area contributed by atoms with E-state index in [0.717, 1.165) is 45.3 Å². The van der Waals surface area contributed by atoms with Gasteiger partial charge in [0.05, 0.1) is 0 Å². The second-order valence-corrected chi connectivity index (χ2v) is 8.72. The molecule has 0 amide bonds. The van der Waals surface area contributed by atoms with E-state index in [0.29, 0.717) is 6.42 Å². The molecule has 0 atom stereocenters. The summed E-state index contributed by atoms with van der Waals surface area (Å²) in [4.78, 5) is 0. The van der Waals surface area contributed by atoms with Gasteiger partial charge in [-0.05, 0) is 44.1 Å². The molecule has 0 saturated carbocycles. The fraction of sp³-hybridized carbons (Fsp3) is 0.739. The van der Waals surface area contributed by atoms with E-state index in [1.54, 1.807) is 0 Å². The van der Waals surface area contributed by atoms with Crippen molar-refractivity contribution >= 4 is 11.8 Å². The number of rotatable bonds is 18. The van der Waals surface area contributed by atoms with Crippen molar-refractivity contribution in [2.24, 2.45) is 0 Å². The lowest BCUT2D eigenvalue weighted by molar-refractivity contribution is 0.149. The number of unbranched alkanes of at least 4 members (excludes halogenated alkanes) is 9. The summed E-state index contributed by atoms with van der Waals surface area (Å²) in [5, 5.41) is 0. The van der Waals surface area contributed by atoms with Crippen molar-refractivity contribution in [2.75, 3.05) is 24.7 Å². The molecule has 0 heterocycles. The summed E-state index contributed by atoms with van der Waals surface area (Å²) in [6.07, 6.45) is 11.4. The Morgan fingerprint density at radius 2 is 1.00 bits per heavy atom. The summed E-state index contributed by atoms with van der Waals surface area (Å²) in [6, 6.07) is 0. The summed E-state index contributed by atoms with van der Waals surface area (Å²) in [7, 11) is 0. The molecule has 0 spiro atoms. The van der Waals surface area contributed by atoms with Crippen molar-refractivity contribution in [3.05, 3.63) is 34.6 Å². The van der Waals surface area contributed by atoms with Gasteiger partial charge in [-0.1, -0.05) is 51.4 Å². The van der Waals surface area contributed by atoms with E-state index in [4.69, 9.17) is 4.74 Å². The van der Waals surface area contributed by atoms with Crippen LogP contribution in [0.3, 0.4) is 0 Å². The Hall–Kier alpha value is -0.820. The highest BCUT2D eigenvalue weighted by Crippen LogP contribution is 2.24. The van der Waals surface area contributed by atoms with Gasteiger partial charge in [0.1, 0.15) is 0 Å². The van der Waals surface area contributed by atoms with Crippen LogP contribution in [0.25, 0.3) is 0 Å². The summed E-state index contributed by atoms with van der Waals surface area (Å²) in [5.41, 5.74) is -0.696. The third kappa shape index (κ3) is 10.5. The zero-order valence-electron chi connectivity index (χ0n) is 18.0. The zero-order valence-corrected chi connectivity index (χ0v) is 18.8. The minimum Gasteiger partial charge on any atom is -0.382 e. The number of benzene rings is 1. The van der Waals surface area contributed by atoms with Gasteiger partial charge in [0.15, 0.2) is 23.3 Å². The minimum absolute atomic E-state index is 0.130. The van der Waals surface area contributed by atoms with Crippen LogP contribution in [-0.4, -0.2) is 24.7 Å².